The van der Waals surface area contributed by atoms with E-state index in [4.69, 9.17) is 4.74 Å². The van der Waals surface area contributed by atoms with Crippen molar-refractivity contribution >= 4 is 35.5 Å². The number of carbonyl (C=O) groups is 4. The topological polar surface area (TPSA) is 113 Å². The monoisotopic (exact) mass is 460 g/mol. The molecule has 2 fully saturated rings. The summed E-state index contributed by atoms with van der Waals surface area (Å²) < 4.78 is 5.02. The number of nitrogens with zero attached hydrogens (tertiary/aromatic N) is 1. The summed E-state index contributed by atoms with van der Waals surface area (Å²) in [7, 11) is 0. The molecule has 1 saturated heterocycles. The number of carbonyl (C=O) groups excluding carboxylic acids is 3. The van der Waals surface area contributed by atoms with Crippen LogP contribution in [0.1, 0.15) is 73.6 Å². The molecule has 1 aromatic carbocycles. The van der Waals surface area contributed by atoms with E-state index in [1.807, 2.05) is 0 Å². The number of imide groups is 1. The van der Waals surface area contributed by atoms with Gasteiger partial charge in [-0.05, 0) is 45.7 Å². The number of benzene rings is 1. The minimum absolute atomic E-state index is 0.233. The van der Waals surface area contributed by atoms with Crippen molar-refractivity contribution in [1.82, 2.24) is 10.2 Å². The predicted octanol–water partition coefficient (Wildman–Crippen LogP) is 2.81. The summed E-state index contributed by atoms with van der Waals surface area (Å²) in [6, 6.07) is 4.28. The molecule has 0 radical (unpaired) electrons. The fraction of sp³-hybridized carbons (Fsp3) is 0.565. The summed E-state index contributed by atoms with van der Waals surface area (Å²) in [5, 5.41) is 12.2. The van der Waals surface area contributed by atoms with E-state index >= 15 is 0 Å². The first-order chi connectivity index (χ1) is 15.0. The van der Waals surface area contributed by atoms with Gasteiger partial charge in [0.15, 0.2) is 6.04 Å². The van der Waals surface area contributed by atoms with E-state index in [0.717, 1.165) is 24.2 Å². The van der Waals surface area contributed by atoms with Gasteiger partial charge in [-0.15, -0.1) is 11.8 Å². The first kappa shape index (κ1) is 22.8. The van der Waals surface area contributed by atoms with E-state index in [-0.39, 0.29) is 11.1 Å². The minimum Gasteiger partial charge on any atom is -0.480 e. The average Bonchev–Trinajstić information content (AvgIpc) is 3.19. The Balaban J connectivity index is 1.73. The van der Waals surface area contributed by atoms with Crippen LogP contribution >= 0.6 is 11.8 Å². The number of ether oxygens (including phenoxy) is 1. The zero-order valence-electron chi connectivity index (χ0n) is 18.4. The highest BCUT2D eigenvalue weighted by molar-refractivity contribution is 8.01. The fourth-order valence-electron chi connectivity index (χ4n) is 4.87. The van der Waals surface area contributed by atoms with Crippen LogP contribution in [-0.4, -0.2) is 61.6 Å². The zero-order chi connectivity index (χ0) is 23.3. The molecule has 9 heteroatoms. The first-order valence-corrected chi connectivity index (χ1v) is 11.8. The lowest BCUT2D eigenvalue weighted by molar-refractivity contribution is -0.160. The molecule has 2 aliphatic heterocycles. The zero-order valence-corrected chi connectivity index (χ0v) is 19.2. The molecular weight excluding hydrogens is 432 g/mol. The third-order valence-corrected chi connectivity index (χ3v) is 7.97. The minimum atomic E-state index is -1.28. The van der Waals surface area contributed by atoms with Crippen molar-refractivity contribution < 1.29 is 29.0 Å². The molecular formula is C23H28N2O6S. The molecule has 2 N–H and O–H groups in total. The molecule has 3 unspecified atom stereocenters. The molecule has 3 aliphatic rings. The van der Waals surface area contributed by atoms with E-state index in [9.17, 15) is 24.3 Å². The van der Waals surface area contributed by atoms with Crippen LogP contribution in [0.3, 0.4) is 0 Å². The summed E-state index contributed by atoms with van der Waals surface area (Å²) in [4.78, 5) is 52.8. The van der Waals surface area contributed by atoms with Gasteiger partial charge in [0.2, 0.25) is 0 Å². The molecule has 2 heterocycles. The Kier molecular flexibility index (Phi) is 5.83. The lowest BCUT2D eigenvalue weighted by Crippen LogP contribution is -2.57. The number of hydrogen-bond donors (Lipinski definition) is 2. The molecule has 1 aliphatic carbocycles. The number of carboxylic acids is 1. The summed E-state index contributed by atoms with van der Waals surface area (Å²) in [5.41, 5.74) is -0.376. The van der Waals surface area contributed by atoms with Crippen LogP contribution in [0, 0.1) is 0 Å². The first-order valence-electron chi connectivity index (χ1n) is 10.9. The number of carboxylic acid groups (broad SMARTS) is 1. The number of rotatable bonds is 4. The maximum Gasteiger partial charge on any atom is 0.332 e. The smallest absolute Gasteiger partial charge is 0.332 e. The number of aliphatic carboxylic acids is 1. The number of amides is 2. The highest BCUT2D eigenvalue weighted by Gasteiger charge is 2.58. The Morgan fingerprint density at radius 3 is 2.19 bits per heavy atom. The highest BCUT2D eigenvalue weighted by Crippen LogP contribution is 2.50. The van der Waals surface area contributed by atoms with Crippen molar-refractivity contribution in [1.29, 1.82) is 0 Å². The molecule has 172 valence electrons. The van der Waals surface area contributed by atoms with Crippen molar-refractivity contribution in [3.05, 3.63) is 35.4 Å². The van der Waals surface area contributed by atoms with E-state index in [1.165, 1.54) is 11.8 Å². The maximum atomic E-state index is 13.4. The Hall–Kier alpha value is -2.39. The van der Waals surface area contributed by atoms with Gasteiger partial charge in [-0.3, -0.25) is 24.6 Å². The number of fused-ring (bicyclic) bond motifs is 1. The molecule has 8 nitrogen and oxygen atoms in total. The third-order valence-electron chi connectivity index (χ3n) is 6.20. The Morgan fingerprint density at radius 2 is 1.69 bits per heavy atom. The van der Waals surface area contributed by atoms with E-state index in [0.29, 0.717) is 12.8 Å². The van der Waals surface area contributed by atoms with Crippen LogP contribution in [0.2, 0.25) is 0 Å². The molecule has 1 saturated carbocycles. The fourth-order valence-corrected chi connectivity index (χ4v) is 6.77. The second-order valence-electron chi connectivity index (χ2n) is 9.61. The van der Waals surface area contributed by atoms with Crippen LogP contribution in [0.5, 0.6) is 0 Å². The quantitative estimate of drug-likeness (QED) is 0.521. The molecule has 0 aromatic heterocycles. The third kappa shape index (κ3) is 3.92. The largest absolute Gasteiger partial charge is 0.480 e. The Labute approximate surface area is 191 Å². The molecule has 4 rings (SSSR count). The van der Waals surface area contributed by atoms with Gasteiger partial charge in [-0.1, -0.05) is 31.4 Å². The van der Waals surface area contributed by atoms with Gasteiger partial charge in [0.25, 0.3) is 11.8 Å². The van der Waals surface area contributed by atoms with Gasteiger partial charge in [0.05, 0.1) is 16.5 Å². The number of nitrogens with one attached hydrogen (secondary N) is 1. The van der Waals surface area contributed by atoms with E-state index in [2.05, 4.69) is 5.32 Å². The van der Waals surface area contributed by atoms with Crippen molar-refractivity contribution in [3.8, 4) is 0 Å². The van der Waals surface area contributed by atoms with Crippen LogP contribution in [0.25, 0.3) is 0 Å². The summed E-state index contributed by atoms with van der Waals surface area (Å²) in [5.74, 6) is -2.86. The van der Waals surface area contributed by atoms with Crippen LogP contribution in [-0.2, 0) is 14.3 Å². The molecule has 1 spiro atoms. The molecule has 32 heavy (non-hydrogen) atoms. The second-order valence-corrected chi connectivity index (χ2v) is 11.2. The van der Waals surface area contributed by atoms with Crippen molar-refractivity contribution in [2.45, 2.75) is 80.7 Å². The van der Waals surface area contributed by atoms with Gasteiger partial charge in [0, 0.05) is 4.75 Å². The van der Waals surface area contributed by atoms with Gasteiger partial charge < -0.3 is 9.84 Å². The van der Waals surface area contributed by atoms with Crippen LogP contribution in [0.15, 0.2) is 24.3 Å². The summed E-state index contributed by atoms with van der Waals surface area (Å²) in [6.45, 7) is 5.13. The molecule has 3 atom stereocenters. The number of thioether (sulfide) groups is 1. The van der Waals surface area contributed by atoms with Crippen LogP contribution < -0.4 is 5.32 Å². The van der Waals surface area contributed by atoms with Gasteiger partial charge >= 0.3 is 11.9 Å². The predicted molar refractivity (Wildman–Crippen MR) is 118 cm³/mol. The molecule has 0 bridgehead atoms. The summed E-state index contributed by atoms with van der Waals surface area (Å²) in [6.07, 6.45) is 4.22. The Morgan fingerprint density at radius 1 is 1.12 bits per heavy atom. The normalized spacial score (nSPS) is 25.7. The van der Waals surface area contributed by atoms with Crippen LogP contribution in [0.4, 0.5) is 0 Å². The number of esters is 1. The average molecular weight is 461 g/mol. The van der Waals surface area contributed by atoms with Gasteiger partial charge in [-0.25, -0.2) is 4.79 Å². The Bertz CT molecular complexity index is 930. The molecule has 1 aromatic rings. The van der Waals surface area contributed by atoms with Crippen molar-refractivity contribution in [2.75, 3.05) is 0 Å². The van der Waals surface area contributed by atoms with E-state index < -0.39 is 51.6 Å². The SMILES string of the molecule is CC(C)(C)OC(=O)C(C1NC(C(=O)O)C2(CCCCC2)S1)N1C(=O)c2ccccc2C1=O. The highest BCUT2D eigenvalue weighted by atomic mass is 32.2. The van der Waals surface area contributed by atoms with Gasteiger partial charge in [0.1, 0.15) is 11.6 Å². The van der Waals surface area contributed by atoms with Crippen molar-refractivity contribution in [2.24, 2.45) is 0 Å². The summed E-state index contributed by atoms with van der Waals surface area (Å²) >= 11 is 1.36. The standard InChI is InChI=1S/C23H28N2O6S/c1-22(2,3)31-21(30)15(25-18(26)13-9-5-6-10-14(13)19(25)27)17-24-16(20(28)29)23(32-17)11-7-4-8-12-23/h5-6,9-10,15-17,24H,4,7-8,11-12H2,1-3H3,(H,28,29). The second kappa shape index (κ2) is 8.19. The van der Waals surface area contributed by atoms with Crippen molar-refractivity contribution in [3.63, 3.8) is 0 Å². The lowest BCUT2D eigenvalue weighted by Gasteiger charge is -2.36. The van der Waals surface area contributed by atoms with E-state index in [1.54, 1.807) is 45.0 Å². The van der Waals surface area contributed by atoms with Gasteiger partial charge in [-0.2, -0.15) is 0 Å². The number of hydrogen-bond acceptors (Lipinski definition) is 7. The lowest BCUT2D eigenvalue weighted by atomic mass is 9.83. The molecule has 2 amide bonds. The maximum absolute atomic E-state index is 13.4.